The number of nitrogens with zero attached hydrogens (tertiary/aromatic N) is 5. The molecule has 2 aromatic heterocycles. The number of piperazine rings is 1. The van der Waals surface area contributed by atoms with Crippen LogP contribution in [0.4, 0.5) is 34.9 Å². The molecule has 6 rings (SSSR count). The van der Waals surface area contributed by atoms with Gasteiger partial charge >= 0.3 is 6.18 Å². The van der Waals surface area contributed by atoms with Crippen molar-refractivity contribution in [2.24, 2.45) is 7.05 Å². The van der Waals surface area contributed by atoms with Crippen molar-refractivity contribution in [3.8, 4) is 16.9 Å². The van der Waals surface area contributed by atoms with Crippen LogP contribution in [0.25, 0.3) is 11.1 Å². The first-order chi connectivity index (χ1) is 20.1. The number of ketones is 1. The monoisotopic (exact) mass is 580 g/mol. The smallest absolute Gasteiger partial charge is 0.431 e. The summed E-state index contributed by atoms with van der Waals surface area (Å²) < 4.78 is 61.0. The summed E-state index contributed by atoms with van der Waals surface area (Å²) in [6.45, 7) is 2.08. The van der Waals surface area contributed by atoms with Crippen LogP contribution in [0.1, 0.15) is 16.2 Å². The highest BCUT2D eigenvalue weighted by atomic mass is 19.4. The van der Waals surface area contributed by atoms with E-state index in [0.29, 0.717) is 48.1 Å². The van der Waals surface area contributed by atoms with Crippen molar-refractivity contribution in [1.82, 2.24) is 14.5 Å². The second kappa shape index (κ2) is 10.5. The van der Waals surface area contributed by atoms with Crippen molar-refractivity contribution in [3.63, 3.8) is 0 Å². The van der Waals surface area contributed by atoms with E-state index >= 15 is 0 Å². The summed E-state index contributed by atoms with van der Waals surface area (Å²) >= 11 is 0. The van der Waals surface area contributed by atoms with Crippen molar-refractivity contribution in [2.75, 3.05) is 41.4 Å². The van der Waals surface area contributed by atoms with Gasteiger partial charge in [0.05, 0.1) is 24.1 Å². The van der Waals surface area contributed by atoms with Crippen LogP contribution < -0.4 is 19.9 Å². The van der Waals surface area contributed by atoms with Gasteiger partial charge in [0, 0.05) is 44.0 Å². The van der Waals surface area contributed by atoms with Gasteiger partial charge in [-0.25, -0.2) is 14.4 Å². The summed E-state index contributed by atoms with van der Waals surface area (Å²) in [7, 11) is 1.11. The van der Waals surface area contributed by atoms with E-state index in [2.05, 4.69) is 20.2 Å². The van der Waals surface area contributed by atoms with Crippen LogP contribution >= 0.6 is 0 Å². The number of Topliss-reactive ketones (excluding diaryl/α,β-unsaturated/α-hetero) is 1. The van der Waals surface area contributed by atoms with Gasteiger partial charge in [-0.2, -0.15) is 13.2 Å². The van der Waals surface area contributed by atoms with Crippen molar-refractivity contribution in [1.29, 1.82) is 0 Å². The van der Waals surface area contributed by atoms with E-state index in [9.17, 15) is 27.2 Å². The summed E-state index contributed by atoms with van der Waals surface area (Å²) in [4.78, 5) is 38.5. The number of anilines is 3. The molecule has 4 aromatic rings. The molecule has 13 heteroatoms. The third-order valence-corrected chi connectivity index (χ3v) is 7.36. The molecule has 0 spiro atoms. The molecule has 0 saturated carbocycles. The summed E-state index contributed by atoms with van der Waals surface area (Å²) in [5.41, 5.74) is 0.0267. The van der Waals surface area contributed by atoms with E-state index in [1.807, 2.05) is 4.90 Å². The van der Waals surface area contributed by atoms with Gasteiger partial charge in [0.15, 0.2) is 5.82 Å². The van der Waals surface area contributed by atoms with Crippen LogP contribution in [-0.2, 0) is 18.0 Å². The summed E-state index contributed by atoms with van der Waals surface area (Å²) in [5.74, 6) is -1.77. The number of carbonyl (C=O) groups excluding carboxylic acids is 2. The Morgan fingerprint density at radius 1 is 1.02 bits per heavy atom. The van der Waals surface area contributed by atoms with Crippen LogP contribution in [0.3, 0.4) is 0 Å². The highest BCUT2D eigenvalue weighted by Gasteiger charge is 2.38. The summed E-state index contributed by atoms with van der Waals surface area (Å²) in [6.07, 6.45) is -2.48. The molecule has 4 heterocycles. The Labute approximate surface area is 237 Å². The number of nitrogens with one attached hydrogen (secondary N) is 1. The van der Waals surface area contributed by atoms with E-state index in [1.54, 1.807) is 48.5 Å². The van der Waals surface area contributed by atoms with Gasteiger partial charge in [-0.1, -0.05) is 30.3 Å². The third-order valence-electron chi connectivity index (χ3n) is 7.36. The Hall–Kier alpha value is -4.94. The second-order valence-corrected chi connectivity index (χ2v) is 9.99. The van der Waals surface area contributed by atoms with Crippen LogP contribution in [0.5, 0.6) is 5.75 Å². The average molecular weight is 581 g/mol. The maximum atomic E-state index is 13.7. The Bertz CT molecular complexity index is 1660. The second-order valence-electron chi connectivity index (χ2n) is 9.99. The topological polar surface area (TPSA) is 92.6 Å². The van der Waals surface area contributed by atoms with Gasteiger partial charge in [-0.15, -0.1) is 0 Å². The maximum Gasteiger partial charge on any atom is 0.431 e. The first-order valence-corrected chi connectivity index (χ1v) is 13.0. The number of amides is 1. The molecule has 1 amide bonds. The highest BCUT2D eigenvalue weighted by Crippen LogP contribution is 2.39. The van der Waals surface area contributed by atoms with Crippen LogP contribution in [0, 0.1) is 5.82 Å². The molecule has 1 atom stereocenters. The normalized spacial score (nSPS) is 16.4. The van der Waals surface area contributed by atoms with Gasteiger partial charge in [0.1, 0.15) is 23.7 Å². The number of hydrogen-bond donors (Lipinski definition) is 1. The molecule has 2 aliphatic heterocycles. The van der Waals surface area contributed by atoms with Gasteiger partial charge < -0.3 is 24.4 Å². The molecular formula is C29H24F4N6O3. The Morgan fingerprint density at radius 3 is 2.48 bits per heavy atom. The van der Waals surface area contributed by atoms with Gasteiger partial charge in [0.25, 0.3) is 11.7 Å². The fourth-order valence-corrected chi connectivity index (χ4v) is 5.38. The minimum atomic E-state index is -4.72. The molecule has 1 unspecified atom stereocenters. The Kier molecular flexibility index (Phi) is 6.79. The lowest BCUT2D eigenvalue weighted by Gasteiger charge is -2.45. The predicted molar refractivity (Wildman–Crippen MR) is 146 cm³/mol. The number of aromatic nitrogens is 3. The molecular weight excluding hydrogens is 556 g/mol. The number of carbonyl (C=O) groups is 2. The highest BCUT2D eigenvalue weighted by molar-refractivity contribution is 6.47. The zero-order chi connectivity index (χ0) is 29.6. The summed E-state index contributed by atoms with van der Waals surface area (Å²) in [5, 5.41) is 2.51. The number of halogens is 4. The van der Waals surface area contributed by atoms with Crippen molar-refractivity contribution < 1.29 is 31.9 Å². The first kappa shape index (κ1) is 27.2. The van der Waals surface area contributed by atoms with Crippen molar-refractivity contribution in [2.45, 2.75) is 12.2 Å². The van der Waals surface area contributed by atoms with E-state index in [0.717, 1.165) is 31.2 Å². The number of hydrogen-bond acceptors (Lipinski definition) is 7. The molecule has 0 aliphatic carbocycles. The van der Waals surface area contributed by atoms with Crippen molar-refractivity contribution in [3.05, 3.63) is 84.2 Å². The number of alkyl halides is 3. The quantitative estimate of drug-likeness (QED) is 0.210. The lowest BCUT2D eigenvalue weighted by atomic mass is 10.0. The third kappa shape index (κ3) is 5.01. The molecule has 1 saturated heterocycles. The SMILES string of the molecule is Cn1c(C(F)(F)F)cc(-c2ccccc2)c1C(=O)C(=O)Nc1ccc2c(c1)OCC1CN(c3ncc(F)cn3)CCN21. The average Bonchev–Trinajstić information content (AvgIpc) is 3.34. The van der Waals surface area contributed by atoms with E-state index in [-0.39, 0.29) is 23.0 Å². The molecule has 0 bridgehead atoms. The largest absolute Gasteiger partial charge is 0.489 e. The first-order valence-electron chi connectivity index (χ1n) is 13.0. The Morgan fingerprint density at radius 2 is 1.76 bits per heavy atom. The summed E-state index contributed by atoms with van der Waals surface area (Å²) in [6, 6.07) is 13.9. The molecule has 0 radical (unpaired) electrons. The van der Waals surface area contributed by atoms with Gasteiger partial charge in [-0.05, 0) is 23.8 Å². The fraction of sp³-hybridized carbons (Fsp3) is 0.241. The lowest BCUT2D eigenvalue weighted by Crippen LogP contribution is -2.57. The number of rotatable bonds is 5. The molecule has 1 fully saturated rings. The lowest BCUT2D eigenvalue weighted by molar-refractivity contribution is -0.143. The zero-order valence-electron chi connectivity index (χ0n) is 22.2. The maximum absolute atomic E-state index is 13.7. The van der Waals surface area contributed by atoms with Crippen LogP contribution in [0.15, 0.2) is 67.0 Å². The standard InChI is InChI=1S/C29H24F4N6O3/c1-37-24(29(31,32)33)12-21(17-5-3-2-4-6-17)25(37)26(40)27(41)36-19-7-8-22-23(11-19)42-16-20-15-38(9-10-39(20)22)28-34-13-18(30)14-35-28/h2-8,11-14,20H,9-10,15-16H2,1H3,(H,36,41). The van der Waals surface area contributed by atoms with E-state index in [4.69, 9.17) is 4.74 Å². The molecule has 216 valence electrons. The van der Waals surface area contributed by atoms with Gasteiger partial charge in [-0.3, -0.25) is 9.59 Å². The molecule has 2 aromatic carbocycles. The fourth-order valence-electron chi connectivity index (χ4n) is 5.38. The van der Waals surface area contributed by atoms with Crippen LogP contribution in [-0.4, -0.2) is 58.5 Å². The number of benzene rings is 2. The predicted octanol–water partition coefficient (Wildman–Crippen LogP) is 4.55. The molecule has 42 heavy (non-hydrogen) atoms. The Balaban J connectivity index is 1.20. The molecule has 1 N–H and O–H groups in total. The molecule has 9 nitrogen and oxygen atoms in total. The van der Waals surface area contributed by atoms with Gasteiger partial charge in [0.2, 0.25) is 5.95 Å². The minimum absolute atomic E-state index is 0.00979. The minimum Gasteiger partial charge on any atom is -0.489 e. The zero-order valence-corrected chi connectivity index (χ0v) is 22.2. The number of fused-ring (bicyclic) bond motifs is 3. The van der Waals surface area contributed by atoms with E-state index < -0.39 is 29.4 Å². The van der Waals surface area contributed by atoms with Crippen LogP contribution in [0.2, 0.25) is 0 Å². The van der Waals surface area contributed by atoms with E-state index in [1.165, 1.54) is 0 Å². The number of ether oxygens (including phenoxy) is 1. The van der Waals surface area contributed by atoms with Crippen molar-refractivity contribution >= 4 is 29.0 Å². The molecule has 2 aliphatic rings.